The van der Waals surface area contributed by atoms with E-state index < -0.39 is 6.04 Å². The lowest BCUT2D eigenvalue weighted by Gasteiger charge is -2.42. The molecule has 3 aromatic rings. The molecule has 1 aliphatic heterocycles. The predicted molar refractivity (Wildman–Crippen MR) is 134 cm³/mol. The van der Waals surface area contributed by atoms with E-state index in [1.807, 2.05) is 36.9 Å². The van der Waals surface area contributed by atoms with Crippen LogP contribution >= 0.6 is 0 Å². The zero-order chi connectivity index (χ0) is 24.1. The smallest absolute Gasteiger partial charge is 0.254 e. The Balaban J connectivity index is 1.51. The Kier molecular flexibility index (Phi) is 7.53. The molecule has 0 saturated carbocycles. The number of methoxy groups -OCH3 is 1. The average Bonchev–Trinajstić information content (AvgIpc) is 3.30. The summed E-state index contributed by atoms with van der Waals surface area (Å²) in [5.41, 5.74) is 2.96. The maximum atomic E-state index is 13.5. The lowest BCUT2D eigenvalue weighted by Crippen LogP contribution is -2.61. The number of piperazine rings is 1. The summed E-state index contributed by atoms with van der Waals surface area (Å²) < 4.78 is 5.30. The predicted octanol–water partition coefficient (Wildman–Crippen LogP) is 3.41. The standard InChI is InChI=1S/C27H34N4O3/c1-4-30(5-2)27(33)25-19-29(14-13-21-18-28-24-12-7-6-11-23(21)24)15-16-31(25)26(32)20-9-8-10-22(17-20)34-3/h6-12,17-18,25,28H,4-5,13-16,19H2,1-3H3. The molecule has 2 aromatic carbocycles. The molecular weight excluding hydrogens is 428 g/mol. The molecule has 180 valence electrons. The Morgan fingerprint density at radius 1 is 1.09 bits per heavy atom. The quantitative estimate of drug-likeness (QED) is 0.557. The van der Waals surface area contributed by atoms with E-state index in [0.29, 0.717) is 37.5 Å². The first kappa shape index (κ1) is 23.8. The van der Waals surface area contributed by atoms with Crippen LogP contribution in [0.1, 0.15) is 29.8 Å². The number of hydrogen-bond donors (Lipinski definition) is 1. The molecule has 1 N–H and O–H groups in total. The van der Waals surface area contributed by atoms with Crippen LogP contribution in [-0.2, 0) is 11.2 Å². The maximum Gasteiger partial charge on any atom is 0.254 e. The zero-order valence-corrected chi connectivity index (χ0v) is 20.3. The van der Waals surface area contributed by atoms with Gasteiger partial charge in [-0.05, 0) is 50.1 Å². The molecule has 1 unspecified atom stereocenters. The van der Waals surface area contributed by atoms with E-state index in [4.69, 9.17) is 4.74 Å². The van der Waals surface area contributed by atoms with Gasteiger partial charge in [-0.3, -0.25) is 14.5 Å². The summed E-state index contributed by atoms with van der Waals surface area (Å²) in [5.74, 6) is 0.522. The SMILES string of the molecule is CCN(CC)C(=O)C1CN(CCc2c[nH]c3ccccc23)CCN1C(=O)c1cccc(OC)c1. The Morgan fingerprint density at radius 2 is 1.88 bits per heavy atom. The molecule has 1 saturated heterocycles. The van der Waals surface area contributed by atoms with E-state index in [1.54, 1.807) is 24.1 Å². The number of carbonyl (C=O) groups excluding carboxylic acids is 2. The fourth-order valence-electron chi connectivity index (χ4n) is 4.78. The van der Waals surface area contributed by atoms with Crippen molar-refractivity contribution in [2.45, 2.75) is 26.3 Å². The highest BCUT2D eigenvalue weighted by atomic mass is 16.5. The van der Waals surface area contributed by atoms with Crippen LogP contribution in [0.15, 0.2) is 54.7 Å². The topological polar surface area (TPSA) is 68.9 Å². The minimum Gasteiger partial charge on any atom is -0.497 e. The number of aromatic amines is 1. The van der Waals surface area contributed by atoms with Gasteiger partial charge in [0.25, 0.3) is 5.91 Å². The number of ether oxygens (including phenoxy) is 1. The van der Waals surface area contributed by atoms with Gasteiger partial charge in [0.05, 0.1) is 7.11 Å². The number of nitrogens with zero attached hydrogens (tertiary/aromatic N) is 3. The van der Waals surface area contributed by atoms with Crippen LogP contribution in [0.3, 0.4) is 0 Å². The van der Waals surface area contributed by atoms with Crippen molar-refractivity contribution >= 4 is 22.7 Å². The molecule has 7 heteroatoms. The lowest BCUT2D eigenvalue weighted by molar-refractivity contribution is -0.137. The fraction of sp³-hybridized carbons (Fsp3) is 0.407. The van der Waals surface area contributed by atoms with Gasteiger partial charge >= 0.3 is 0 Å². The number of para-hydroxylation sites is 1. The summed E-state index contributed by atoms with van der Waals surface area (Å²) in [6.45, 7) is 7.84. The Morgan fingerprint density at radius 3 is 2.65 bits per heavy atom. The molecule has 7 nitrogen and oxygen atoms in total. The molecule has 1 aromatic heterocycles. The number of likely N-dealkylation sites (N-methyl/N-ethyl adjacent to an activating group) is 1. The second-order valence-corrected chi connectivity index (χ2v) is 8.67. The summed E-state index contributed by atoms with van der Waals surface area (Å²) in [7, 11) is 1.59. The molecule has 0 bridgehead atoms. The second-order valence-electron chi connectivity index (χ2n) is 8.67. The van der Waals surface area contributed by atoms with Crippen LogP contribution in [0.25, 0.3) is 10.9 Å². The molecule has 1 atom stereocenters. The molecule has 2 amide bonds. The van der Waals surface area contributed by atoms with E-state index in [0.717, 1.165) is 25.0 Å². The monoisotopic (exact) mass is 462 g/mol. The van der Waals surface area contributed by atoms with Crippen molar-refractivity contribution in [3.63, 3.8) is 0 Å². The van der Waals surface area contributed by atoms with Crippen LogP contribution in [0, 0.1) is 0 Å². The summed E-state index contributed by atoms with van der Waals surface area (Å²) >= 11 is 0. The van der Waals surface area contributed by atoms with E-state index >= 15 is 0 Å². The molecule has 0 spiro atoms. The van der Waals surface area contributed by atoms with Gasteiger partial charge in [0.15, 0.2) is 0 Å². The van der Waals surface area contributed by atoms with Crippen molar-refractivity contribution in [3.05, 3.63) is 65.9 Å². The highest BCUT2D eigenvalue weighted by Gasteiger charge is 2.37. The molecule has 4 rings (SSSR count). The summed E-state index contributed by atoms with van der Waals surface area (Å²) in [6.07, 6.45) is 2.96. The normalized spacial score (nSPS) is 16.6. The molecular formula is C27H34N4O3. The van der Waals surface area contributed by atoms with E-state index in [1.165, 1.54) is 10.9 Å². The highest BCUT2D eigenvalue weighted by molar-refractivity contribution is 5.98. The number of aromatic nitrogens is 1. The van der Waals surface area contributed by atoms with Gasteiger partial charge in [0, 0.05) is 61.9 Å². The molecule has 34 heavy (non-hydrogen) atoms. The van der Waals surface area contributed by atoms with Crippen molar-refractivity contribution in [3.8, 4) is 5.75 Å². The van der Waals surface area contributed by atoms with E-state index in [9.17, 15) is 9.59 Å². The number of hydrogen-bond acceptors (Lipinski definition) is 4. The van der Waals surface area contributed by atoms with Gasteiger partial charge in [0.2, 0.25) is 5.91 Å². The van der Waals surface area contributed by atoms with E-state index in [2.05, 4.69) is 34.3 Å². The molecule has 1 aliphatic rings. The van der Waals surface area contributed by atoms with Crippen molar-refractivity contribution < 1.29 is 14.3 Å². The lowest BCUT2D eigenvalue weighted by atomic mass is 10.1. The van der Waals surface area contributed by atoms with Gasteiger partial charge in [-0.2, -0.15) is 0 Å². The molecule has 1 fully saturated rings. The van der Waals surface area contributed by atoms with Crippen molar-refractivity contribution in [2.75, 3.05) is 46.4 Å². The fourth-order valence-corrected chi connectivity index (χ4v) is 4.78. The minimum atomic E-state index is -0.504. The zero-order valence-electron chi connectivity index (χ0n) is 20.3. The maximum absolute atomic E-state index is 13.5. The Hall–Kier alpha value is -3.32. The van der Waals surface area contributed by atoms with Crippen LogP contribution in [0.5, 0.6) is 5.75 Å². The molecule has 0 radical (unpaired) electrons. The number of fused-ring (bicyclic) bond motifs is 1. The van der Waals surface area contributed by atoms with Gasteiger partial charge in [-0.25, -0.2) is 0 Å². The largest absolute Gasteiger partial charge is 0.497 e. The number of carbonyl (C=O) groups is 2. The van der Waals surface area contributed by atoms with Crippen LogP contribution in [-0.4, -0.2) is 83.9 Å². The third-order valence-corrected chi connectivity index (χ3v) is 6.77. The van der Waals surface area contributed by atoms with Crippen molar-refractivity contribution in [2.24, 2.45) is 0 Å². The van der Waals surface area contributed by atoms with Crippen LogP contribution < -0.4 is 4.74 Å². The van der Waals surface area contributed by atoms with Crippen LogP contribution in [0.2, 0.25) is 0 Å². The third-order valence-electron chi connectivity index (χ3n) is 6.77. The first-order valence-corrected chi connectivity index (χ1v) is 12.1. The molecule has 0 aliphatic carbocycles. The number of H-pyrrole nitrogens is 1. The van der Waals surface area contributed by atoms with Gasteiger partial charge < -0.3 is 19.5 Å². The van der Waals surface area contributed by atoms with E-state index in [-0.39, 0.29) is 11.8 Å². The molecule has 2 heterocycles. The number of nitrogens with one attached hydrogen (secondary N) is 1. The summed E-state index contributed by atoms with van der Waals surface area (Å²) in [4.78, 5) is 36.1. The first-order valence-electron chi connectivity index (χ1n) is 12.1. The highest BCUT2D eigenvalue weighted by Crippen LogP contribution is 2.22. The Bertz CT molecular complexity index is 1140. The van der Waals surface area contributed by atoms with Gasteiger partial charge in [-0.15, -0.1) is 0 Å². The number of rotatable bonds is 8. The minimum absolute atomic E-state index is 0.0121. The second kappa shape index (κ2) is 10.7. The summed E-state index contributed by atoms with van der Waals surface area (Å²) in [6, 6.07) is 15.0. The third kappa shape index (κ3) is 4.94. The summed E-state index contributed by atoms with van der Waals surface area (Å²) in [5, 5.41) is 1.24. The van der Waals surface area contributed by atoms with Crippen LogP contribution in [0.4, 0.5) is 0 Å². The van der Waals surface area contributed by atoms with Gasteiger partial charge in [0.1, 0.15) is 11.8 Å². The van der Waals surface area contributed by atoms with Gasteiger partial charge in [-0.1, -0.05) is 24.3 Å². The number of amides is 2. The average molecular weight is 463 g/mol. The van der Waals surface area contributed by atoms with Crippen molar-refractivity contribution in [1.82, 2.24) is 19.7 Å². The Labute approximate surface area is 201 Å². The van der Waals surface area contributed by atoms with Crippen molar-refractivity contribution in [1.29, 1.82) is 0 Å². The number of benzene rings is 2. The first-order chi connectivity index (χ1) is 16.5.